The molecule has 0 aliphatic heterocycles. The molecular weight excluding hydrogens is 403 g/mol. The van der Waals surface area contributed by atoms with E-state index < -0.39 is 6.04 Å². The van der Waals surface area contributed by atoms with Gasteiger partial charge in [-0.1, -0.05) is 47.5 Å². The van der Waals surface area contributed by atoms with Crippen LogP contribution in [0.2, 0.25) is 10.0 Å². The van der Waals surface area contributed by atoms with Crippen molar-refractivity contribution in [1.82, 2.24) is 10.2 Å². The van der Waals surface area contributed by atoms with Crippen molar-refractivity contribution in [1.29, 1.82) is 0 Å². The SMILES string of the molecule is CNC(=O)[C@H](C)N(Cc1ccc(Cl)c(Cl)c1)C(=O)CCSc1ccccc1. The van der Waals surface area contributed by atoms with Gasteiger partial charge in [0.15, 0.2) is 0 Å². The van der Waals surface area contributed by atoms with Crippen molar-refractivity contribution >= 4 is 46.8 Å². The van der Waals surface area contributed by atoms with Crippen LogP contribution in [-0.4, -0.2) is 35.6 Å². The van der Waals surface area contributed by atoms with Gasteiger partial charge in [0, 0.05) is 30.7 Å². The Morgan fingerprint density at radius 1 is 1.11 bits per heavy atom. The highest BCUT2D eigenvalue weighted by Gasteiger charge is 2.25. The summed E-state index contributed by atoms with van der Waals surface area (Å²) in [6.07, 6.45) is 0.336. The number of carbonyl (C=O) groups is 2. The average Bonchev–Trinajstić information content (AvgIpc) is 2.68. The maximum absolute atomic E-state index is 12.8. The average molecular weight is 425 g/mol. The summed E-state index contributed by atoms with van der Waals surface area (Å²) < 4.78 is 0. The van der Waals surface area contributed by atoms with Crippen molar-refractivity contribution in [2.24, 2.45) is 0 Å². The van der Waals surface area contributed by atoms with E-state index in [1.165, 1.54) is 0 Å². The van der Waals surface area contributed by atoms with Crippen LogP contribution in [0.15, 0.2) is 53.4 Å². The zero-order valence-electron chi connectivity index (χ0n) is 15.2. The van der Waals surface area contributed by atoms with Crippen LogP contribution in [0, 0.1) is 0 Å². The van der Waals surface area contributed by atoms with Gasteiger partial charge in [-0.3, -0.25) is 9.59 Å². The molecule has 2 rings (SSSR count). The van der Waals surface area contributed by atoms with E-state index in [2.05, 4.69) is 5.32 Å². The monoisotopic (exact) mass is 424 g/mol. The molecule has 2 amide bonds. The molecule has 0 heterocycles. The maximum Gasteiger partial charge on any atom is 0.242 e. The second-order valence-electron chi connectivity index (χ2n) is 5.97. The quantitative estimate of drug-likeness (QED) is 0.627. The Balaban J connectivity index is 2.07. The largest absolute Gasteiger partial charge is 0.357 e. The Hall–Kier alpha value is -1.69. The Labute approximate surface area is 174 Å². The summed E-state index contributed by atoms with van der Waals surface area (Å²) in [6, 6.07) is 14.5. The van der Waals surface area contributed by atoms with Gasteiger partial charge in [-0.2, -0.15) is 0 Å². The molecule has 2 aromatic rings. The van der Waals surface area contributed by atoms with Gasteiger partial charge >= 0.3 is 0 Å². The Morgan fingerprint density at radius 2 is 1.81 bits per heavy atom. The van der Waals surface area contributed by atoms with Gasteiger partial charge in [0.1, 0.15) is 6.04 Å². The number of halogens is 2. The number of carbonyl (C=O) groups excluding carboxylic acids is 2. The lowest BCUT2D eigenvalue weighted by Crippen LogP contribution is -2.46. The summed E-state index contributed by atoms with van der Waals surface area (Å²) >= 11 is 13.7. The highest BCUT2D eigenvalue weighted by Crippen LogP contribution is 2.24. The summed E-state index contributed by atoms with van der Waals surface area (Å²) in [5, 5.41) is 3.48. The first-order valence-corrected chi connectivity index (χ1v) is 10.3. The predicted molar refractivity (Wildman–Crippen MR) is 112 cm³/mol. The highest BCUT2D eigenvalue weighted by atomic mass is 35.5. The number of likely N-dealkylation sites (N-methyl/N-ethyl adjacent to an activating group) is 1. The van der Waals surface area contributed by atoms with Gasteiger partial charge in [0.05, 0.1) is 10.0 Å². The minimum atomic E-state index is -0.585. The molecule has 2 aromatic carbocycles. The van der Waals surface area contributed by atoms with Crippen molar-refractivity contribution in [2.45, 2.75) is 30.8 Å². The van der Waals surface area contributed by atoms with Crippen LogP contribution in [0.1, 0.15) is 18.9 Å². The zero-order chi connectivity index (χ0) is 19.8. The highest BCUT2D eigenvalue weighted by molar-refractivity contribution is 7.99. The van der Waals surface area contributed by atoms with Crippen LogP contribution in [-0.2, 0) is 16.1 Å². The zero-order valence-corrected chi connectivity index (χ0v) is 17.6. The molecule has 0 saturated carbocycles. The number of rotatable bonds is 8. The Bertz CT molecular complexity index is 787. The van der Waals surface area contributed by atoms with E-state index >= 15 is 0 Å². The number of nitrogens with zero attached hydrogens (tertiary/aromatic N) is 1. The Kier molecular flexibility index (Phi) is 8.48. The summed E-state index contributed by atoms with van der Waals surface area (Å²) in [4.78, 5) is 27.6. The molecule has 0 aromatic heterocycles. The molecule has 0 saturated heterocycles. The van der Waals surface area contributed by atoms with Crippen molar-refractivity contribution in [3.8, 4) is 0 Å². The van der Waals surface area contributed by atoms with E-state index in [-0.39, 0.29) is 11.8 Å². The molecule has 0 unspecified atom stereocenters. The molecule has 27 heavy (non-hydrogen) atoms. The first-order valence-electron chi connectivity index (χ1n) is 8.55. The third kappa shape index (κ3) is 6.45. The molecule has 0 aliphatic rings. The fourth-order valence-electron chi connectivity index (χ4n) is 2.54. The smallest absolute Gasteiger partial charge is 0.242 e. The minimum absolute atomic E-state index is 0.0828. The number of thioether (sulfide) groups is 1. The van der Waals surface area contributed by atoms with Crippen LogP contribution < -0.4 is 5.32 Å². The van der Waals surface area contributed by atoms with Crippen LogP contribution in [0.3, 0.4) is 0 Å². The van der Waals surface area contributed by atoms with Crippen molar-refractivity contribution in [3.05, 3.63) is 64.1 Å². The normalized spacial score (nSPS) is 11.7. The first-order chi connectivity index (χ1) is 12.9. The number of amides is 2. The molecule has 0 bridgehead atoms. The molecule has 1 N–H and O–H groups in total. The van der Waals surface area contributed by atoms with Crippen molar-refractivity contribution in [2.75, 3.05) is 12.8 Å². The lowest BCUT2D eigenvalue weighted by atomic mass is 10.1. The number of benzene rings is 2. The van der Waals surface area contributed by atoms with E-state index in [0.717, 1.165) is 10.5 Å². The molecule has 0 aliphatic carbocycles. The van der Waals surface area contributed by atoms with E-state index in [9.17, 15) is 9.59 Å². The van der Waals surface area contributed by atoms with E-state index in [1.807, 2.05) is 36.4 Å². The van der Waals surface area contributed by atoms with E-state index in [1.54, 1.807) is 42.8 Å². The Morgan fingerprint density at radius 3 is 2.44 bits per heavy atom. The lowest BCUT2D eigenvalue weighted by molar-refractivity contribution is -0.140. The van der Waals surface area contributed by atoms with Crippen LogP contribution >= 0.6 is 35.0 Å². The van der Waals surface area contributed by atoms with E-state index in [4.69, 9.17) is 23.2 Å². The topological polar surface area (TPSA) is 49.4 Å². The van der Waals surface area contributed by atoms with Crippen LogP contribution in [0.5, 0.6) is 0 Å². The van der Waals surface area contributed by atoms with Gasteiger partial charge in [-0.15, -0.1) is 11.8 Å². The molecule has 144 valence electrons. The third-order valence-corrected chi connectivity index (χ3v) is 5.83. The third-order valence-electron chi connectivity index (χ3n) is 4.08. The summed E-state index contributed by atoms with van der Waals surface area (Å²) in [7, 11) is 1.56. The molecule has 7 heteroatoms. The standard InChI is InChI=1S/C20H22Cl2N2O2S/c1-14(20(26)23-2)24(13-15-8-9-17(21)18(22)12-15)19(25)10-11-27-16-6-4-3-5-7-16/h3-9,12,14H,10-11,13H2,1-2H3,(H,23,26)/t14-/m0/s1. The molecule has 0 fully saturated rings. The minimum Gasteiger partial charge on any atom is -0.357 e. The van der Waals surface area contributed by atoms with Crippen molar-refractivity contribution in [3.63, 3.8) is 0 Å². The summed E-state index contributed by atoms with van der Waals surface area (Å²) in [5.74, 6) is 0.348. The predicted octanol–water partition coefficient (Wildman–Crippen LogP) is 4.64. The molecule has 0 spiro atoms. The summed E-state index contributed by atoms with van der Waals surface area (Å²) in [6.45, 7) is 2.01. The van der Waals surface area contributed by atoms with Gasteiger partial charge < -0.3 is 10.2 Å². The van der Waals surface area contributed by atoms with Crippen LogP contribution in [0.25, 0.3) is 0 Å². The second kappa shape index (κ2) is 10.6. The number of hydrogen-bond donors (Lipinski definition) is 1. The van der Waals surface area contributed by atoms with Crippen LogP contribution in [0.4, 0.5) is 0 Å². The first kappa shape index (κ1) is 21.6. The fourth-order valence-corrected chi connectivity index (χ4v) is 3.73. The van der Waals surface area contributed by atoms with Gasteiger partial charge in [0.2, 0.25) is 11.8 Å². The molecule has 1 atom stereocenters. The lowest BCUT2D eigenvalue weighted by Gasteiger charge is -2.28. The second-order valence-corrected chi connectivity index (χ2v) is 7.95. The van der Waals surface area contributed by atoms with E-state index in [0.29, 0.717) is 28.8 Å². The van der Waals surface area contributed by atoms with Crippen molar-refractivity contribution < 1.29 is 9.59 Å². The fraction of sp³-hybridized carbons (Fsp3) is 0.300. The molecule has 4 nitrogen and oxygen atoms in total. The maximum atomic E-state index is 12.8. The van der Waals surface area contributed by atoms with Gasteiger partial charge in [-0.05, 0) is 36.8 Å². The van der Waals surface area contributed by atoms with Gasteiger partial charge in [-0.25, -0.2) is 0 Å². The molecular formula is C20H22Cl2N2O2S. The molecule has 0 radical (unpaired) electrons. The summed E-state index contributed by atoms with van der Waals surface area (Å²) in [5.41, 5.74) is 0.823. The number of nitrogens with one attached hydrogen (secondary N) is 1. The van der Waals surface area contributed by atoms with Gasteiger partial charge in [0.25, 0.3) is 0 Å². The number of hydrogen-bond acceptors (Lipinski definition) is 3.